The molecule has 0 amide bonds. The monoisotopic (exact) mass is 425 g/mol. The Morgan fingerprint density at radius 2 is 1.80 bits per heavy atom. The molecule has 2 aromatic heterocycles. The number of benzene rings is 1. The van der Waals surface area contributed by atoms with Crippen LogP contribution in [0.3, 0.4) is 0 Å². The minimum absolute atomic E-state index is 0.147. The van der Waals surface area contributed by atoms with E-state index in [0.29, 0.717) is 28.5 Å². The molecule has 0 aliphatic rings. The lowest BCUT2D eigenvalue weighted by Gasteiger charge is -2.13. The summed E-state index contributed by atoms with van der Waals surface area (Å²) in [7, 11) is 3.18. The maximum absolute atomic E-state index is 6.11. The Bertz CT molecular complexity index is 903. The first kappa shape index (κ1) is 17.8. The van der Waals surface area contributed by atoms with Crippen molar-refractivity contribution in [2.45, 2.75) is 19.9 Å². The zero-order valence-electron chi connectivity index (χ0n) is 14.2. The molecule has 0 unspecified atom stereocenters. The van der Waals surface area contributed by atoms with Gasteiger partial charge in [-0.25, -0.2) is 4.98 Å². The molecule has 1 aromatic carbocycles. The second kappa shape index (κ2) is 7.05. The summed E-state index contributed by atoms with van der Waals surface area (Å²) in [5.41, 5.74) is 2.04. The zero-order valence-corrected chi connectivity index (χ0v) is 16.5. The fraction of sp³-hybridized carbons (Fsp3) is 0.312. The molecule has 3 rings (SSSR count). The molecular weight excluding hydrogens is 410 g/mol. The first-order valence-electron chi connectivity index (χ1n) is 7.53. The van der Waals surface area contributed by atoms with Crippen LogP contribution in [0, 0.1) is 0 Å². The number of ether oxygens (including phenoxy) is 2. The van der Waals surface area contributed by atoms with Gasteiger partial charge >= 0.3 is 0 Å². The molecule has 1 N–H and O–H groups in total. The molecule has 25 heavy (non-hydrogen) atoms. The van der Waals surface area contributed by atoms with Crippen molar-refractivity contribution in [1.82, 2.24) is 19.5 Å². The molecular formula is C16H17BrClN5O2. The molecule has 2 heterocycles. The largest absolute Gasteiger partial charge is 0.495 e. The summed E-state index contributed by atoms with van der Waals surface area (Å²) >= 11 is 9.56. The van der Waals surface area contributed by atoms with E-state index in [0.717, 1.165) is 10.2 Å². The third kappa shape index (κ3) is 3.36. The number of nitrogens with one attached hydrogen (secondary N) is 1. The molecule has 0 fully saturated rings. The fourth-order valence-corrected chi connectivity index (χ4v) is 3.15. The van der Waals surface area contributed by atoms with Crippen LogP contribution in [-0.2, 0) is 0 Å². The molecule has 3 aromatic rings. The fourth-order valence-electron chi connectivity index (χ4n) is 2.43. The van der Waals surface area contributed by atoms with Crippen molar-refractivity contribution in [2.24, 2.45) is 0 Å². The second-order valence-corrected chi connectivity index (χ2v) is 6.71. The van der Waals surface area contributed by atoms with E-state index in [2.05, 4.69) is 50.0 Å². The normalized spacial score (nSPS) is 11.2. The third-order valence-corrected chi connectivity index (χ3v) is 4.61. The minimum Gasteiger partial charge on any atom is -0.495 e. The lowest BCUT2D eigenvalue weighted by Crippen LogP contribution is -2.02. The summed E-state index contributed by atoms with van der Waals surface area (Å²) in [6, 6.07) is 3.86. The Kier molecular flexibility index (Phi) is 5.01. The number of fused-ring (bicyclic) bond motifs is 1. The summed E-state index contributed by atoms with van der Waals surface area (Å²) < 4.78 is 13.4. The van der Waals surface area contributed by atoms with Crippen molar-refractivity contribution in [3.05, 3.63) is 28.2 Å². The zero-order chi connectivity index (χ0) is 18.1. The van der Waals surface area contributed by atoms with Crippen LogP contribution in [0.4, 0.5) is 11.5 Å². The highest BCUT2D eigenvalue weighted by atomic mass is 79.9. The number of hydrogen-bond acceptors (Lipinski definition) is 6. The topological polar surface area (TPSA) is 74.1 Å². The van der Waals surface area contributed by atoms with E-state index in [4.69, 9.17) is 21.1 Å². The Hall–Kier alpha value is -2.06. The van der Waals surface area contributed by atoms with Gasteiger partial charge in [0.1, 0.15) is 16.0 Å². The van der Waals surface area contributed by atoms with Gasteiger partial charge in [-0.2, -0.15) is 9.97 Å². The van der Waals surface area contributed by atoms with E-state index < -0.39 is 0 Å². The van der Waals surface area contributed by atoms with Gasteiger partial charge in [0.05, 0.1) is 20.5 Å². The van der Waals surface area contributed by atoms with Gasteiger partial charge in [0, 0.05) is 23.9 Å². The van der Waals surface area contributed by atoms with Crippen LogP contribution in [0.5, 0.6) is 11.5 Å². The summed E-state index contributed by atoms with van der Waals surface area (Å²) in [6.45, 7) is 4.10. The van der Waals surface area contributed by atoms with Crippen molar-refractivity contribution in [2.75, 3.05) is 19.5 Å². The molecule has 9 heteroatoms. The molecule has 0 aliphatic heterocycles. The summed E-state index contributed by atoms with van der Waals surface area (Å²) in [5, 5.41) is 3.37. The van der Waals surface area contributed by atoms with E-state index in [9.17, 15) is 0 Å². The summed E-state index contributed by atoms with van der Waals surface area (Å²) in [4.78, 5) is 13.0. The highest BCUT2D eigenvalue weighted by molar-refractivity contribution is 9.10. The van der Waals surface area contributed by atoms with E-state index >= 15 is 0 Å². The van der Waals surface area contributed by atoms with Crippen LogP contribution in [-0.4, -0.2) is 33.7 Å². The lowest BCUT2D eigenvalue weighted by atomic mass is 10.2. The Morgan fingerprint density at radius 3 is 2.36 bits per heavy atom. The Balaban J connectivity index is 2.09. The predicted molar refractivity (Wildman–Crippen MR) is 101 cm³/mol. The Labute approximate surface area is 158 Å². The lowest BCUT2D eigenvalue weighted by molar-refractivity contribution is 0.390. The maximum Gasteiger partial charge on any atom is 0.226 e. The SMILES string of the molecule is COc1cc(Nc2nc(Cl)nc3c2ncn3C(C)C)cc(OC)c1Br. The number of anilines is 2. The Morgan fingerprint density at radius 1 is 1.16 bits per heavy atom. The number of hydrogen-bond donors (Lipinski definition) is 1. The molecule has 0 spiro atoms. The maximum atomic E-state index is 6.11. The van der Waals surface area contributed by atoms with Crippen molar-refractivity contribution >= 4 is 50.2 Å². The number of imidazole rings is 1. The molecule has 0 saturated carbocycles. The number of nitrogens with zero attached hydrogens (tertiary/aromatic N) is 4. The average Bonchev–Trinajstić information content (AvgIpc) is 3.00. The van der Waals surface area contributed by atoms with Crippen LogP contribution in [0.25, 0.3) is 11.2 Å². The third-order valence-electron chi connectivity index (χ3n) is 3.66. The van der Waals surface area contributed by atoms with Crippen molar-refractivity contribution in [3.8, 4) is 11.5 Å². The van der Waals surface area contributed by atoms with Crippen LogP contribution in [0.2, 0.25) is 5.28 Å². The number of rotatable bonds is 5. The van der Waals surface area contributed by atoms with Gasteiger partial charge in [0.25, 0.3) is 0 Å². The molecule has 0 bridgehead atoms. The molecule has 7 nitrogen and oxygen atoms in total. The predicted octanol–water partition coefficient (Wildman–Crippen LogP) is 4.58. The number of methoxy groups -OCH3 is 2. The minimum atomic E-state index is 0.147. The first-order valence-corrected chi connectivity index (χ1v) is 8.70. The van der Waals surface area contributed by atoms with Crippen LogP contribution in [0.15, 0.2) is 22.9 Å². The van der Waals surface area contributed by atoms with Gasteiger partial charge in [0.2, 0.25) is 5.28 Å². The van der Waals surface area contributed by atoms with E-state index in [1.54, 1.807) is 20.5 Å². The molecule has 0 saturated heterocycles. The van der Waals surface area contributed by atoms with E-state index in [-0.39, 0.29) is 11.3 Å². The standard InChI is InChI=1S/C16H17BrClN5O2/c1-8(2)23-7-19-13-14(21-16(18)22-15(13)23)20-9-5-10(24-3)12(17)11(6-9)25-4/h5-8H,1-4H3,(H,20,21,22). The first-order chi connectivity index (χ1) is 11.9. The smallest absolute Gasteiger partial charge is 0.226 e. The average molecular weight is 427 g/mol. The van der Waals surface area contributed by atoms with Crippen molar-refractivity contribution in [3.63, 3.8) is 0 Å². The van der Waals surface area contributed by atoms with Gasteiger partial charge in [-0.15, -0.1) is 0 Å². The molecule has 0 radical (unpaired) electrons. The summed E-state index contributed by atoms with van der Waals surface area (Å²) in [6.07, 6.45) is 1.73. The second-order valence-electron chi connectivity index (χ2n) is 5.58. The van der Waals surface area contributed by atoms with Gasteiger partial charge in [0.15, 0.2) is 17.0 Å². The highest BCUT2D eigenvalue weighted by Crippen LogP contribution is 2.38. The van der Waals surface area contributed by atoms with E-state index in [1.807, 2.05) is 16.7 Å². The van der Waals surface area contributed by atoms with Gasteiger partial charge in [-0.1, -0.05) is 0 Å². The molecule has 0 atom stereocenters. The van der Waals surface area contributed by atoms with Crippen LogP contribution >= 0.6 is 27.5 Å². The van der Waals surface area contributed by atoms with Crippen LogP contribution < -0.4 is 14.8 Å². The highest BCUT2D eigenvalue weighted by Gasteiger charge is 2.16. The van der Waals surface area contributed by atoms with E-state index in [1.165, 1.54) is 0 Å². The van der Waals surface area contributed by atoms with Crippen molar-refractivity contribution in [1.29, 1.82) is 0 Å². The quantitative estimate of drug-likeness (QED) is 0.602. The van der Waals surface area contributed by atoms with Gasteiger partial charge in [-0.05, 0) is 41.4 Å². The molecule has 132 valence electrons. The van der Waals surface area contributed by atoms with Crippen molar-refractivity contribution < 1.29 is 9.47 Å². The number of aromatic nitrogens is 4. The van der Waals surface area contributed by atoms with Gasteiger partial charge in [-0.3, -0.25) is 0 Å². The van der Waals surface area contributed by atoms with Crippen LogP contribution in [0.1, 0.15) is 19.9 Å². The number of halogens is 2. The van der Waals surface area contributed by atoms with Gasteiger partial charge < -0.3 is 19.4 Å². The summed E-state index contributed by atoms with van der Waals surface area (Å²) in [5.74, 6) is 1.78. The molecule has 0 aliphatic carbocycles.